The Balaban J connectivity index is 1.63. The molecule has 0 bridgehead atoms. The molecule has 1 fully saturated rings. The second kappa shape index (κ2) is 18.3. The summed E-state index contributed by atoms with van der Waals surface area (Å²) >= 11 is 0. The summed E-state index contributed by atoms with van der Waals surface area (Å²) in [6, 6.07) is 16.3. The Bertz CT molecular complexity index is 1890. The van der Waals surface area contributed by atoms with Gasteiger partial charge in [-0.25, -0.2) is 9.78 Å². The van der Waals surface area contributed by atoms with Crippen LogP contribution in [0.25, 0.3) is 33.8 Å². The van der Waals surface area contributed by atoms with Gasteiger partial charge in [0.1, 0.15) is 36.2 Å². The highest BCUT2D eigenvalue weighted by Crippen LogP contribution is 2.39. The molecule has 304 valence electrons. The lowest BCUT2D eigenvalue weighted by atomic mass is 10.1. The van der Waals surface area contributed by atoms with E-state index in [0.29, 0.717) is 68.8 Å². The van der Waals surface area contributed by atoms with Crippen LogP contribution in [0.1, 0.15) is 33.3 Å². The van der Waals surface area contributed by atoms with Crippen LogP contribution in [-0.4, -0.2) is 112 Å². The number of carbonyl (C=O) groups excluding carboxylic acids is 1. The second-order valence-electron chi connectivity index (χ2n) is 17.8. The fourth-order valence-electron chi connectivity index (χ4n) is 6.21. The minimum absolute atomic E-state index is 0.275. The predicted molar refractivity (Wildman–Crippen MR) is 233 cm³/mol. The van der Waals surface area contributed by atoms with Crippen molar-refractivity contribution in [3.8, 4) is 22.4 Å². The van der Waals surface area contributed by atoms with Crippen LogP contribution < -0.4 is 9.80 Å². The number of rotatable bonds is 17. The highest BCUT2D eigenvalue weighted by atomic mass is 28.3. The van der Waals surface area contributed by atoms with Crippen molar-refractivity contribution in [3.63, 3.8) is 0 Å². The SMILES string of the molecule is C=C(OCC)c1c(N2CCN(C(=O)OC(C)(C)C)CC2)nc2c(-c3ccc(-c4ccccc4)nc3)cnn2c1N(COCC[Si](C)(C)C)COCC[Si](C)(C)C. The molecular formula is C42H63N7O5Si2. The van der Waals surface area contributed by atoms with Crippen LogP contribution >= 0.6 is 0 Å². The monoisotopic (exact) mass is 801 g/mol. The first-order valence-corrected chi connectivity index (χ1v) is 27.2. The van der Waals surface area contributed by atoms with Crippen molar-refractivity contribution in [2.24, 2.45) is 0 Å². The number of fused-ring (bicyclic) bond motifs is 1. The molecule has 0 N–H and O–H groups in total. The molecule has 0 atom stereocenters. The highest BCUT2D eigenvalue weighted by Gasteiger charge is 2.32. The molecule has 1 aromatic carbocycles. The molecule has 1 aliphatic rings. The summed E-state index contributed by atoms with van der Waals surface area (Å²) in [6.07, 6.45) is 3.41. The first-order chi connectivity index (χ1) is 26.4. The van der Waals surface area contributed by atoms with Gasteiger partial charge >= 0.3 is 6.09 Å². The Kier molecular flexibility index (Phi) is 14.1. The first-order valence-electron chi connectivity index (χ1n) is 19.8. The zero-order valence-electron chi connectivity index (χ0n) is 35.4. The van der Waals surface area contributed by atoms with Crippen molar-refractivity contribution in [1.29, 1.82) is 0 Å². The molecule has 5 rings (SSSR count). The van der Waals surface area contributed by atoms with Gasteiger partial charge in [0, 0.05) is 78.4 Å². The minimum Gasteiger partial charge on any atom is -0.494 e. The van der Waals surface area contributed by atoms with Crippen LogP contribution in [0.4, 0.5) is 16.4 Å². The first kappa shape index (κ1) is 42.9. The highest BCUT2D eigenvalue weighted by molar-refractivity contribution is 6.76. The molecule has 56 heavy (non-hydrogen) atoms. The number of amides is 1. The summed E-state index contributed by atoms with van der Waals surface area (Å²) < 4.78 is 26.7. The van der Waals surface area contributed by atoms with Gasteiger partial charge in [-0.3, -0.25) is 4.98 Å². The minimum atomic E-state index is -1.34. The van der Waals surface area contributed by atoms with Crippen LogP contribution in [0.2, 0.25) is 51.4 Å². The second-order valence-corrected chi connectivity index (χ2v) is 29.0. The maximum Gasteiger partial charge on any atom is 0.410 e. The van der Waals surface area contributed by atoms with Gasteiger partial charge in [-0.05, 0) is 45.8 Å². The van der Waals surface area contributed by atoms with E-state index in [-0.39, 0.29) is 19.6 Å². The van der Waals surface area contributed by atoms with Crippen molar-refractivity contribution in [1.82, 2.24) is 24.5 Å². The zero-order chi connectivity index (χ0) is 40.7. The summed E-state index contributed by atoms with van der Waals surface area (Å²) in [4.78, 5) is 29.3. The molecule has 1 amide bonds. The Labute approximate surface area is 335 Å². The van der Waals surface area contributed by atoms with Gasteiger partial charge in [0.15, 0.2) is 11.5 Å². The van der Waals surface area contributed by atoms with E-state index < -0.39 is 21.7 Å². The van der Waals surface area contributed by atoms with Crippen molar-refractivity contribution >= 4 is 45.3 Å². The number of pyridine rings is 1. The number of hydrogen-bond acceptors (Lipinski definition) is 10. The number of ether oxygens (including phenoxy) is 4. The Morgan fingerprint density at radius 3 is 2.02 bits per heavy atom. The molecule has 4 heterocycles. The van der Waals surface area contributed by atoms with Gasteiger partial charge in [-0.1, -0.05) is 82.3 Å². The van der Waals surface area contributed by atoms with E-state index in [1.54, 1.807) is 4.90 Å². The molecule has 0 saturated carbocycles. The Hall–Kier alpha value is -4.25. The molecular weight excluding hydrogens is 739 g/mol. The van der Waals surface area contributed by atoms with Gasteiger partial charge in [0.2, 0.25) is 0 Å². The lowest BCUT2D eigenvalue weighted by molar-refractivity contribution is 0.0240. The Morgan fingerprint density at radius 2 is 1.48 bits per heavy atom. The standard InChI is InChI=1S/C42H63N7O5Si2/c1-12-53-32(2)37-39(46-20-22-47(23-21-46)41(50)54-42(3,4)5)45-38-35(34-18-19-36(43-28-34)33-16-14-13-15-17-33)29-44-49(38)40(37)48(30-51-24-26-55(6,7)8)31-52-25-27-56(9,10)11/h13-19,28-29H,2,12,20-27,30-31H2,1,3-11H3. The van der Waals surface area contributed by atoms with E-state index >= 15 is 0 Å². The number of piperazine rings is 1. The quantitative estimate of drug-likeness (QED) is 0.0445. The van der Waals surface area contributed by atoms with Gasteiger partial charge in [-0.2, -0.15) is 9.61 Å². The van der Waals surface area contributed by atoms with Crippen LogP contribution in [-0.2, 0) is 18.9 Å². The number of anilines is 2. The smallest absolute Gasteiger partial charge is 0.410 e. The van der Waals surface area contributed by atoms with E-state index in [4.69, 9.17) is 34.0 Å². The largest absolute Gasteiger partial charge is 0.494 e. The normalized spacial score (nSPS) is 14.0. The third kappa shape index (κ3) is 11.6. The van der Waals surface area contributed by atoms with Gasteiger partial charge in [-0.15, -0.1) is 0 Å². The average molecular weight is 802 g/mol. The fraction of sp³-hybridized carbons (Fsp3) is 0.524. The molecule has 1 aliphatic heterocycles. The third-order valence-corrected chi connectivity index (χ3v) is 12.8. The Morgan fingerprint density at radius 1 is 0.857 bits per heavy atom. The summed E-state index contributed by atoms with van der Waals surface area (Å²) in [5.74, 6) is 1.89. The number of hydrogen-bond donors (Lipinski definition) is 0. The van der Waals surface area contributed by atoms with E-state index in [0.717, 1.165) is 40.3 Å². The van der Waals surface area contributed by atoms with Crippen molar-refractivity contribution in [2.75, 3.05) is 69.3 Å². The molecule has 12 nitrogen and oxygen atoms in total. The summed E-state index contributed by atoms with van der Waals surface area (Å²) in [5.41, 5.74) is 4.43. The third-order valence-electron chi connectivity index (χ3n) is 9.36. The maximum atomic E-state index is 13.1. The van der Waals surface area contributed by atoms with Crippen LogP contribution in [0, 0.1) is 0 Å². The van der Waals surface area contributed by atoms with E-state index in [1.165, 1.54) is 0 Å². The molecule has 3 aromatic heterocycles. The number of aromatic nitrogens is 4. The molecule has 0 aliphatic carbocycles. The van der Waals surface area contributed by atoms with Crippen molar-refractivity contribution in [3.05, 3.63) is 67.0 Å². The molecule has 1 saturated heterocycles. The topological polar surface area (TPSA) is 107 Å². The fourth-order valence-corrected chi connectivity index (χ4v) is 7.73. The molecule has 0 radical (unpaired) electrons. The number of carbonyl (C=O) groups is 1. The summed E-state index contributed by atoms with van der Waals surface area (Å²) in [6.45, 7) is 30.4. The van der Waals surface area contributed by atoms with E-state index in [2.05, 4.69) is 73.9 Å². The average Bonchev–Trinajstić information content (AvgIpc) is 3.56. The summed E-state index contributed by atoms with van der Waals surface area (Å²) in [7, 11) is -2.69. The van der Waals surface area contributed by atoms with Gasteiger partial charge < -0.3 is 33.6 Å². The molecule has 4 aromatic rings. The lowest BCUT2D eigenvalue weighted by Crippen LogP contribution is -2.50. The lowest BCUT2D eigenvalue weighted by Gasteiger charge is -2.38. The zero-order valence-corrected chi connectivity index (χ0v) is 37.4. The summed E-state index contributed by atoms with van der Waals surface area (Å²) in [5, 5.41) is 4.99. The number of nitrogens with zero attached hydrogens (tertiary/aromatic N) is 7. The van der Waals surface area contributed by atoms with Gasteiger partial charge in [0.25, 0.3) is 0 Å². The molecule has 0 spiro atoms. The van der Waals surface area contributed by atoms with Crippen LogP contribution in [0.15, 0.2) is 61.4 Å². The van der Waals surface area contributed by atoms with Gasteiger partial charge in [0.05, 0.1) is 18.5 Å². The van der Waals surface area contributed by atoms with E-state index in [1.807, 2.05) is 68.9 Å². The maximum absolute atomic E-state index is 13.1. The number of benzene rings is 1. The van der Waals surface area contributed by atoms with E-state index in [9.17, 15) is 4.79 Å². The molecule has 0 unspecified atom stereocenters. The predicted octanol–water partition coefficient (Wildman–Crippen LogP) is 8.95. The van der Waals surface area contributed by atoms with Crippen molar-refractivity contribution < 1.29 is 23.7 Å². The van der Waals surface area contributed by atoms with Crippen LogP contribution in [0.5, 0.6) is 0 Å². The van der Waals surface area contributed by atoms with Crippen molar-refractivity contribution in [2.45, 2.75) is 84.7 Å². The van der Waals surface area contributed by atoms with Crippen LogP contribution in [0.3, 0.4) is 0 Å². The molecule has 14 heteroatoms.